The Morgan fingerprint density at radius 3 is 2.29 bits per heavy atom. The minimum atomic E-state index is -0.444. The lowest BCUT2D eigenvalue weighted by atomic mass is 9.75. The lowest BCUT2D eigenvalue weighted by Crippen LogP contribution is -2.35. The summed E-state index contributed by atoms with van der Waals surface area (Å²) in [4.78, 5) is 42.4. The average molecular weight is 415 g/mol. The number of aromatic nitrogens is 1. The van der Waals surface area contributed by atoms with Crippen LogP contribution in [0.2, 0.25) is 0 Å². The fourth-order valence-corrected chi connectivity index (χ4v) is 4.17. The Morgan fingerprint density at radius 1 is 0.968 bits per heavy atom. The highest BCUT2D eigenvalue weighted by Crippen LogP contribution is 2.33. The van der Waals surface area contributed by atoms with E-state index in [4.69, 9.17) is 0 Å². The van der Waals surface area contributed by atoms with Crippen LogP contribution >= 0.6 is 0 Å². The molecule has 0 atom stereocenters. The van der Waals surface area contributed by atoms with Gasteiger partial charge in [0.25, 0.3) is 11.5 Å². The Kier molecular flexibility index (Phi) is 5.36. The van der Waals surface area contributed by atoms with Crippen LogP contribution in [-0.2, 0) is 13.0 Å². The van der Waals surface area contributed by atoms with E-state index in [-0.39, 0.29) is 16.8 Å². The summed E-state index contributed by atoms with van der Waals surface area (Å²) < 4.78 is 0. The summed E-state index contributed by atoms with van der Waals surface area (Å²) in [5.41, 5.74) is 3.66. The van der Waals surface area contributed by atoms with Crippen molar-refractivity contribution in [2.24, 2.45) is 5.41 Å². The molecule has 0 bridgehead atoms. The molecule has 0 spiro atoms. The van der Waals surface area contributed by atoms with Crippen LogP contribution in [0.15, 0.2) is 65.5 Å². The van der Waals surface area contributed by atoms with Crippen molar-refractivity contribution < 1.29 is 9.59 Å². The molecule has 1 aromatic heterocycles. The molecule has 158 valence electrons. The van der Waals surface area contributed by atoms with Crippen molar-refractivity contribution in [3.8, 4) is 11.1 Å². The summed E-state index contributed by atoms with van der Waals surface area (Å²) in [7, 11) is 1.66. The van der Waals surface area contributed by atoms with Gasteiger partial charge in [-0.25, -0.2) is 0 Å². The largest absolute Gasteiger partial charge is 0.337 e. The van der Waals surface area contributed by atoms with E-state index in [2.05, 4.69) is 17.1 Å². The molecule has 31 heavy (non-hydrogen) atoms. The number of carbonyl (C=O) groups is 2. The van der Waals surface area contributed by atoms with E-state index in [1.807, 2.05) is 56.3 Å². The van der Waals surface area contributed by atoms with Crippen molar-refractivity contribution in [3.05, 3.63) is 93.4 Å². The molecule has 1 heterocycles. The van der Waals surface area contributed by atoms with Gasteiger partial charge in [0.1, 0.15) is 5.56 Å². The Bertz CT molecular complexity index is 1190. The molecule has 5 heteroatoms. The van der Waals surface area contributed by atoms with Crippen molar-refractivity contribution in [2.75, 3.05) is 7.05 Å². The minimum Gasteiger partial charge on any atom is -0.337 e. The molecule has 1 aliphatic carbocycles. The van der Waals surface area contributed by atoms with Crippen LogP contribution in [0.5, 0.6) is 0 Å². The van der Waals surface area contributed by atoms with Crippen molar-refractivity contribution in [1.29, 1.82) is 0 Å². The van der Waals surface area contributed by atoms with Gasteiger partial charge < -0.3 is 9.88 Å². The highest BCUT2D eigenvalue weighted by molar-refractivity contribution is 6.02. The Hall–Kier alpha value is -3.47. The van der Waals surface area contributed by atoms with Crippen LogP contribution in [0.3, 0.4) is 0 Å². The van der Waals surface area contributed by atoms with Crippen LogP contribution in [0.25, 0.3) is 11.1 Å². The number of H-pyrrole nitrogens is 1. The zero-order chi connectivity index (χ0) is 22.2. The number of nitrogens with one attached hydrogen (secondary N) is 1. The molecule has 4 rings (SSSR count). The van der Waals surface area contributed by atoms with Crippen LogP contribution < -0.4 is 5.56 Å². The van der Waals surface area contributed by atoms with Crippen molar-refractivity contribution in [3.63, 3.8) is 0 Å². The number of nitrogens with zero attached hydrogens (tertiary/aromatic N) is 1. The van der Waals surface area contributed by atoms with Crippen molar-refractivity contribution >= 4 is 11.7 Å². The van der Waals surface area contributed by atoms with E-state index in [1.54, 1.807) is 7.05 Å². The number of hydrogen-bond acceptors (Lipinski definition) is 3. The molecular formula is C26H26N2O3. The molecule has 5 nitrogen and oxygen atoms in total. The molecule has 1 aliphatic rings. The molecule has 0 saturated carbocycles. The van der Waals surface area contributed by atoms with E-state index in [0.29, 0.717) is 30.6 Å². The van der Waals surface area contributed by atoms with Gasteiger partial charge in [0, 0.05) is 31.3 Å². The molecule has 1 amide bonds. The van der Waals surface area contributed by atoms with Crippen LogP contribution in [-0.4, -0.2) is 28.6 Å². The first-order valence-electron chi connectivity index (χ1n) is 10.4. The second-order valence-corrected chi connectivity index (χ2v) is 9.07. The number of carbonyl (C=O) groups excluding carboxylic acids is 2. The molecule has 3 aromatic rings. The van der Waals surface area contributed by atoms with Crippen LogP contribution in [0.4, 0.5) is 0 Å². The SMILES string of the molecule is CN(Cc1ccc(-c2ccccc2)cc1)C(=O)c1cc2c([nH]c1=O)CC(C)(C)CC2=O. The number of ketones is 1. The fraction of sp³-hybridized carbons (Fsp3) is 0.269. The summed E-state index contributed by atoms with van der Waals surface area (Å²) in [6, 6.07) is 19.6. The molecule has 2 aromatic carbocycles. The maximum absolute atomic E-state index is 13.0. The molecule has 0 unspecified atom stereocenters. The third kappa shape index (κ3) is 4.36. The second kappa shape index (κ2) is 7.99. The summed E-state index contributed by atoms with van der Waals surface area (Å²) in [6.07, 6.45) is 1.02. The molecule has 1 N–H and O–H groups in total. The highest BCUT2D eigenvalue weighted by atomic mass is 16.2. The molecule has 0 fully saturated rings. The third-order valence-corrected chi connectivity index (χ3v) is 5.78. The predicted octanol–water partition coefficient (Wildman–Crippen LogP) is 4.47. The highest BCUT2D eigenvalue weighted by Gasteiger charge is 2.33. The monoisotopic (exact) mass is 414 g/mol. The normalized spacial score (nSPS) is 14.7. The molecule has 0 radical (unpaired) electrons. The summed E-state index contributed by atoms with van der Waals surface area (Å²) in [5, 5.41) is 0. The van der Waals surface area contributed by atoms with E-state index in [1.165, 1.54) is 11.0 Å². The number of hydrogen-bond donors (Lipinski definition) is 1. The first-order valence-corrected chi connectivity index (χ1v) is 10.4. The fourth-order valence-electron chi connectivity index (χ4n) is 4.17. The molecule has 0 saturated heterocycles. The number of benzene rings is 2. The van der Waals surface area contributed by atoms with E-state index < -0.39 is 11.5 Å². The van der Waals surface area contributed by atoms with E-state index in [9.17, 15) is 14.4 Å². The first-order chi connectivity index (χ1) is 14.7. The second-order valence-electron chi connectivity index (χ2n) is 9.07. The summed E-state index contributed by atoms with van der Waals surface area (Å²) in [6.45, 7) is 4.37. The first kappa shape index (κ1) is 20.8. The number of Topliss-reactive ketones (excluding diaryl/α,β-unsaturated/α-hetero) is 1. The molecular weight excluding hydrogens is 388 g/mol. The third-order valence-electron chi connectivity index (χ3n) is 5.78. The summed E-state index contributed by atoms with van der Waals surface area (Å²) >= 11 is 0. The number of rotatable bonds is 4. The average Bonchev–Trinajstić information content (AvgIpc) is 2.73. The molecule has 0 aliphatic heterocycles. The van der Waals surface area contributed by atoms with Gasteiger partial charge in [-0.1, -0.05) is 68.4 Å². The number of amides is 1. The van der Waals surface area contributed by atoms with E-state index >= 15 is 0 Å². The smallest absolute Gasteiger partial charge is 0.261 e. The van der Waals surface area contributed by atoms with E-state index in [0.717, 1.165) is 16.7 Å². The van der Waals surface area contributed by atoms with Gasteiger partial charge in [0.2, 0.25) is 0 Å². The van der Waals surface area contributed by atoms with Crippen LogP contribution in [0, 0.1) is 5.41 Å². The van der Waals surface area contributed by atoms with Gasteiger partial charge in [-0.05, 0) is 34.6 Å². The van der Waals surface area contributed by atoms with Crippen molar-refractivity contribution in [2.45, 2.75) is 33.2 Å². The maximum Gasteiger partial charge on any atom is 0.261 e. The van der Waals surface area contributed by atoms with Crippen LogP contribution in [0.1, 0.15) is 52.2 Å². The number of fused-ring (bicyclic) bond motifs is 1. The Morgan fingerprint density at radius 2 is 1.61 bits per heavy atom. The van der Waals surface area contributed by atoms with Gasteiger partial charge in [0.05, 0.1) is 0 Å². The van der Waals surface area contributed by atoms with Gasteiger partial charge in [-0.15, -0.1) is 0 Å². The lowest BCUT2D eigenvalue weighted by molar-refractivity contribution is 0.0783. The van der Waals surface area contributed by atoms with Gasteiger partial charge in [-0.3, -0.25) is 14.4 Å². The zero-order valence-electron chi connectivity index (χ0n) is 18.1. The van der Waals surface area contributed by atoms with Gasteiger partial charge >= 0.3 is 0 Å². The standard InChI is InChI=1S/C26H26N2O3/c1-26(2)14-22-20(23(29)15-26)13-21(24(30)27-22)25(31)28(3)16-17-9-11-19(12-10-17)18-7-5-4-6-8-18/h4-13H,14-16H2,1-3H3,(H,27,30). The van der Waals surface area contributed by atoms with Crippen molar-refractivity contribution in [1.82, 2.24) is 9.88 Å². The quantitative estimate of drug-likeness (QED) is 0.685. The Balaban J connectivity index is 1.53. The Labute approximate surface area is 181 Å². The number of aromatic amines is 1. The van der Waals surface area contributed by atoms with Gasteiger partial charge in [0.15, 0.2) is 5.78 Å². The van der Waals surface area contributed by atoms with Gasteiger partial charge in [-0.2, -0.15) is 0 Å². The lowest BCUT2D eigenvalue weighted by Gasteiger charge is -2.30. The minimum absolute atomic E-state index is 0.00946. The maximum atomic E-state index is 13.0. The summed E-state index contributed by atoms with van der Waals surface area (Å²) in [5.74, 6) is -0.426. The topological polar surface area (TPSA) is 70.2 Å². The number of pyridine rings is 1. The predicted molar refractivity (Wildman–Crippen MR) is 121 cm³/mol. The zero-order valence-corrected chi connectivity index (χ0v) is 18.1.